The predicted octanol–water partition coefficient (Wildman–Crippen LogP) is 2.42. The van der Waals surface area contributed by atoms with E-state index in [-0.39, 0.29) is 6.10 Å². The summed E-state index contributed by atoms with van der Waals surface area (Å²) in [5.41, 5.74) is 1.15. The molecule has 6 heteroatoms. The fourth-order valence-corrected chi connectivity index (χ4v) is 3.50. The average Bonchev–Trinajstić information content (AvgIpc) is 3.41. The van der Waals surface area contributed by atoms with Gasteiger partial charge in [0.2, 0.25) is 0 Å². The summed E-state index contributed by atoms with van der Waals surface area (Å²) in [6.07, 6.45) is 3.00. The molecule has 1 saturated carbocycles. The minimum Gasteiger partial charge on any atom is -0.493 e. The lowest BCUT2D eigenvalue weighted by Crippen LogP contribution is -2.47. The normalized spacial score (nSPS) is 22.1. The summed E-state index contributed by atoms with van der Waals surface area (Å²) in [6, 6.07) is 4.78. The lowest BCUT2D eigenvalue weighted by atomic mass is 10.2. The molecule has 1 aliphatic carbocycles. The molecule has 128 valence electrons. The van der Waals surface area contributed by atoms with Gasteiger partial charge in [0.05, 0.1) is 26.9 Å². The zero-order valence-electron chi connectivity index (χ0n) is 13.8. The Bertz CT molecular complexity index is 537. The van der Waals surface area contributed by atoms with Crippen LogP contribution in [0, 0.1) is 0 Å². The molecule has 0 aromatic heterocycles. The van der Waals surface area contributed by atoms with E-state index in [4.69, 9.17) is 14.2 Å². The second-order valence-electron chi connectivity index (χ2n) is 6.15. The molecule has 1 aromatic rings. The van der Waals surface area contributed by atoms with Crippen LogP contribution in [0.15, 0.2) is 16.6 Å². The standard InChI is InChI=1S/C17H25BrN2O3/c1-21-16-7-12(15(18)8-17(16)22-2)9-19-10-14-11-20(5-6-23-14)13-3-4-13/h7-8,13-14,19H,3-6,9-11H2,1-2H3. The van der Waals surface area contributed by atoms with Gasteiger partial charge in [-0.05, 0) is 30.5 Å². The van der Waals surface area contributed by atoms with Crippen molar-refractivity contribution in [1.29, 1.82) is 0 Å². The molecular formula is C17H25BrN2O3. The minimum absolute atomic E-state index is 0.281. The maximum Gasteiger partial charge on any atom is 0.161 e. The summed E-state index contributed by atoms with van der Waals surface area (Å²) in [7, 11) is 3.31. The molecule has 1 N–H and O–H groups in total. The van der Waals surface area contributed by atoms with Gasteiger partial charge in [0.1, 0.15) is 0 Å². The molecule has 1 aliphatic heterocycles. The summed E-state index contributed by atoms with van der Waals surface area (Å²) in [5, 5.41) is 3.50. The van der Waals surface area contributed by atoms with Crippen molar-refractivity contribution in [2.24, 2.45) is 0 Å². The van der Waals surface area contributed by atoms with Crippen LogP contribution < -0.4 is 14.8 Å². The molecule has 0 bridgehead atoms. The van der Waals surface area contributed by atoms with Gasteiger partial charge < -0.3 is 19.5 Å². The molecule has 0 radical (unpaired) electrons. The number of hydrogen-bond acceptors (Lipinski definition) is 5. The Morgan fingerprint density at radius 1 is 1.26 bits per heavy atom. The van der Waals surface area contributed by atoms with Gasteiger partial charge in [0.25, 0.3) is 0 Å². The highest BCUT2D eigenvalue weighted by molar-refractivity contribution is 9.10. The molecule has 2 aliphatic rings. The largest absolute Gasteiger partial charge is 0.493 e. The van der Waals surface area contributed by atoms with Gasteiger partial charge in [0.15, 0.2) is 11.5 Å². The lowest BCUT2D eigenvalue weighted by molar-refractivity contribution is -0.0301. The molecule has 5 nitrogen and oxygen atoms in total. The number of methoxy groups -OCH3 is 2. The van der Waals surface area contributed by atoms with E-state index >= 15 is 0 Å². The Hall–Kier alpha value is -0.820. The summed E-state index contributed by atoms with van der Waals surface area (Å²) in [6.45, 7) is 4.62. The SMILES string of the molecule is COc1cc(Br)c(CNCC2CN(C3CC3)CCO2)cc1OC. The van der Waals surface area contributed by atoms with Crippen molar-refractivity contribution in [3.63, 3.8) is 0 Å². The molecule has 1 unspecified atom stereocenters. The van der Waals surface area contributed by atoms with Gasteiger partial charge in [-0.1, -0.05) is 15.9 Å². The van der Waals surface area contributed by atoms with Gasteiger partial charge >= 0.3 is 0 Å². The molecule has 3 rings (SSSR count). The van der Waals surface area contributed by atoms with Crippen LogP contribution in [0.5, 0.6) is 11.5 Å². The maximum atomic E-state index is 5.88. The molecule has 0 spiro atoms. The first kappa shape index (κ1) is 17.0. The van der Waals surface area contributed by atoms with E-state index < -0.39 is 0 Å². The topological polar surface area (TPSA) is 43.0 Å². The zero-order chi connectivity index (χ0) is 16.2. The first-order chi connectivity index (χ1) is 11.2. The third kappa shape index (κ3) is 4.38. The van der Waals surface area contributed by atoms with E-state index in [0.717, 1.165) is 60.4 Å². The van der Waals surface area contributed by atoms with Crippen molar-refractivity contribution in [3.05, 3.63) is 22.2 Å². The molecule has 1 saturated heterocycles. The zero-order valence-corrected chi connectivity index (χ0v) is 15.4. The van der Waals surface area contributed by atoms with Crippen molar-refractivity contribution < 1.29 is 14.2 Å². The van der Waals surface area contributed by atoms with Crippen molar-refractivity contribution in [2.45, 2.75) is 31.5 Å². The van der Waals surface area contributed by atoms with E-state index in [1.807, 2.05) is 12.1 Å². The van der Waals surface area contributed by atoms with Gasteiger partial charge in [-0.2, -0.15) is 0 Å². The first-order valence-electron chi connectivity index (χ1n) is 8.18. The first-order valence-corrected chi connectivity index (χ1v) is 8.97. The third-order valence-electron chi connectivity index (χ3n) is 4.47. The van der Waals surface area contributed by atoms with Crippen molar-refractivity contribution in [3.8, 4) is 11.5 Å². The third-order valence-corrected chi connectivity index (χ3v) is 5.21. The highest BCUT2D eigenvalue weighted by Crippen LogP contribution is 2.33. The van der Waals surface area contributed by atoms with E-state index in [1.54, 1.807) is 14.2 Å². The highest BCUT2D eigenvalue weighted by Gasteiger charge is 2.32. The van der Waals surface area contributed by atoms with Gasteiger partial charge in [0, 0.05) is 36.7 Å². The second kappa shape index (κ2) is 7.83. The van der Waals surface area contributed by atoms with Crippen LogP contribution in [0.25, 0.3) is 0 Å². The lowest BCUT2D eigenvalue weighted by Gasteiger charge is -2.33. The molecule has 23 heavy (non-hydrogen) atoms. The predicted molar refractivity (Wildman–Crippen MR) is 93.3 cm³/mol. The number of ether oxygens (including phenoxy) is 3. The summed E-state index contributed by atoms with van der Waals surface area (Å²) < 4.78 is 17.6. The Labute approximate surface area is 146 Å². The number of morpholine rings is 1. The maximum absolute atomic E-state index is 5.88. The smallest absolute Gasteiger partial charge is 0.161 e. The van der Waals surface area contributed by atoms with E-state index in [0.29, 0.717) is 0 Å². The number of hydrogen-bond donors (Lipinski definition) is 1. The number of benzene rings is 1. The molecule has 1 heterocycles. The van der Waals surface area contributed by atoms with Gasteiger partial charge in [-0.15, -0.1) is 0 Å². The van der Waals surface area contributed by atoms with Crippen molar-refractivity contribution in [2.75, 3.05) is 40.5 Å². The number of rotatable bonds is 7. The number of halogens is 1. The fraction of sp³-hybridized carbons (Fsp3) is 0.647. The number of nitrogens with zero attached hydrogens (tertiary/aromatic N) is 1. The fourth-order valence-electron chi connectivity index (χ4n) is 3.04. The van der Waals surface area contributed by atoms with Crippen LogP contribution in [0.1, 0.15) is 18.4 Å². The highest BCUT2D eigenvalue weighted by atomic mass is 79.9. The van der Waals surface area contributed by atoms with Crippen molar-refractivity contribution >= 4 is 15.9 Å². The van der Waals surface area contributed by atoms with Crippen LogP contribution in [0.4, 0.5) is 0 Å². The average molecular weight is 385 g/mol. The van der Waals surface area contributed by atoms with Crippen LogP contribution in [0.3, 0.4) is 0 Å². The van der Waals surface area contributed by atoms with E-state index in [9.17, 15) is 0 Å². The Kier molecular flexibility index (Phi) is 5.80. The monoisotopic (exact) mass is 384 g/mol. The summed E-state index contributed by atoms with van der Waals surface area (Å²) in [5.74, 6) is 1.49. The Morgan fingerprint density at radius 2 is 2.00 bits per heavy atom. The minimum atomic E-state index is 0.281. The Balaban J connectivity index is 1.51. The molecule has 1 aromatic carbocycles. The van der Waals surface area contributed by atoms with Crippen LogP contribution in [-0.4, -0.2) is 57.5 Å². The molecular weight excluding hydrogens is 360 g/mol. The Morgan fingerprint density at radius 3 is 2.70 bits per heavy atom. The van der Waals surface area contributed by atoms with Gasteiger partial charge in [-0.25, -0.2) is 0 Å². The summed E-state index contributed by atoms with van der Waals surface area (Å²) >= 11 is 3.60. The summed E-state index contributed by atoms with van der Waals surface area (Å²) in [4.78, 5) is 2.57. The van der Waals surface area contributed by atoms with Crippen LogP contribution >= 0.6 is 15.9 Å². The van der Waals surface area contributed by atoms with Crippen LogP contribution in [0.2, 0.25) is 0 Å². The van der Waals surface area contributed by atoms with Crippen molar-refractivity contribution in [1.82, 2.24) is 10.2 Å². The molecule has 1 atom stereocenters. The van der Waals surface area contributed by atoms with E-state index in [2.05, 4.69) is 26.1 Å². The quantitative estimate of drug-likeness (QED) is 0.781. The molecule has 0 amide bonds. The molecule has 2 fully saturated rings. The second-order valence-corrected chi connectivity index (χ2v) is 7.00. The van der Waals surface area contributed by atoms with Crippen LogP contribution in [-0.2, 0) is 11.3 Å². The van der Waals surface area contributed by atoms with Gasteiger partial charge in [-0.3, -0.25) is 4.90 Å². The number of nitrogens with one attached hydrogen (secondary N) is 1. The van der Waals surface area contributed by atoms with E-state index in [1.165, 1.54) is 12.8 Å².